The second-order valence-electron chi connectivity index (χ2n) is 5.21. The minimum absolute atomic E-state index is 0.0496. The fourth-order valence-electron chi connectivity index (χ4n) is 2.64. The number of likely N-dealkylation sites (tertiary alicyclic amines) is 1. The molecule has 0 aromatic carbocycles. The zero-order valence-corrected chi connectivity index (χ0v) is 12.6. The van der Waals surface area contributed by atoms with Crippen LogP contribution < -0.4 is 0 Å². The number of nitrogens with zero attached hydrogens (tertiary/aromatic N) is 4. The zero-order chi connectivity index (χ0) is 16.5. The summed E-state index contributed by atoms with van der Waals surface area (Å²) in [6.07, 6.45) is 8.78. The smallest absolute Gasteiger partial charge is 0.290 e. The summed E-state index contributed by atoms with van der Waals surface area (Å²) >= 11 is 0. The fourth-order valence-corrected chi connectivity index (χ4v) is 2.64. The molecule has 0 saturated carbocycles. The van der Waals surface area contributed by atoms with Crippen molar-refractivity contribution in [1.29, 1.82) is 0 Å². The van der Waals surface area contributed by atoms with Crippen LogP contribution in [0.15, 0.2) is 43.0 Å². The Morgan fingerprint density at radius 1 is 1.30 bits per heavy atom. The van der Waals surface area contributed by atoms with Crippen LogP contribution in [0.25, 0.3) is 0 Å². The van der Waals surface area contributed by atoms with Gasteiger partial charge in [0.25, 0.3) is 12.4 Å². The topological polar surface area (TPSA) is 96.3 Å². The molecule has 23 heavy (non-hydrogen) atoms. The molecule has 2 aromatic heterocycles. The number of aromatic nitrogens is 3. The molecular formula is C16H18N4O3. The van der Waals surface area contributed by atoms with Crippen molar-refractivity contribution in [3.05, 3.63) is 54.1 Å². The van der Waals surface area contributed by atoms with Crippen LogP contribution in [-0.4, -0.2) is 50.7 Å². The van der Waals surface area contributed by atoms with Crippen molar-refractivity contribution in [2.45, 2.75) is 12.8 Å². The predicted molar refractivity (Wildman–Crippen MR) is 82.7 cm³/mol. The molecule has 1 fully saturated rings. The molecule has 7 heteroatoms. The van der Waals surface area contributed by atoms with Crippen molar-refractivity contribution >= 4 is 12.4 Å². The first kappa shape index (κ1) is 16.5. The first-order valence-electron chi connectivity index (χ1n) is 7.27. The number of rotatable bonds is 3. The van der Waals surface area contributed by atoms with Crippen LogP contribution in [0, 0.1) is 5.92 Å². The van der Waals surface area contributed by atoms with E-state index in [1.807, 2.05) is 17.2 Å². The van der Waals surface area contributed by atoms with Crippen molar-refractivity contribution in [3.8, 4) is 0 Å². The van der Waals surface area contributed by atoms with E-state index in [4.69, 9.17) is 9.90 Å². The van der Waals surface area contributed by atoms with Gasteiger partial charge in [-0.15, -0.1) is 0 Å². The highest BCUT2D eigenvalue weighted by Gasteiger charge is 2.27. The van der Waals surface area contributed by atoms with Crippen LogP contribution in [0.4, 0.5) is 0 Å². The number of carbonyl (C=O) groups is 2. The van der Waals surface area contributed by atoms with Crippen molar-refractivity contribution in [2.75, 3.05) is 13.1 Å². The van der Waals surface area contributed by atoms with Gasteiger partial charge in [0.2, 0.25) is 0 Å². The molecule has 2 aromatic rings. The summed E-state index contributed by atoms with van der Waals surface area (Å²) in [4.78, 5) is 26.7. The Kier molecular flexibility index (Phi) is 6.17. The molecule has 1 saturated heterocycles. The Bertz CT molecular complexity index is 622. The van der Waals surface area contributed by atoms with E-state index in [1.54, 1.807) is 18.5 Å². The molecule has 3 heterocycles. The van der Waals surface area contributed by atoms with E-state index in [0.29, 0.717) is 11.5 Å². The second-order valence-corrected chi connectivity index (χ2v) is 5.21. The quantitative estimate of drug-likeness (QED) is 0.857. The molecule has 1 unspecified atom stereocenters. The van der Waals surface area contributed by atoms with Gasteiger partial charge < -0.3 is 10.0 Å². The second kappa shape index (κ2) is 8.57. The van der Waals surface area contributed by atoms with Gasteiger partial charge in [0.05, 0.1) is 18.0 Å². The lowest BCUT2D eigenvalue weighted by Crippen LogP contribution is -2.29. The summed E-state index contributed by atoms with van der Waals surface area (Å²) in [7, 11) is 0. The van der Waals surface area contributed by atoms with Crippen molar-refractivity contribution in [2.24, 2.45) is 5.92 Å². The summed E-state index contributed by atoms with van der Waals surface area (Å²) in [5, 5.41) is 14.3. The molecule has 0 radical (unpaired) electrons. The van der Waals surface area contributed by atoms with Crippen LogP contribution in [0.3, 0.4) is 0 Å². The Hall–Kier alpha value is -2.83. The van der Waals surface area contributed by atoms with Gasteiger partial charge >= 0.3 is 0 Å². The standard InChI is InChI=1S/C15H16N4O.CH2O2/c20-15(14-3-6-17-18-10-14)19-7-4-13(11-19)8-12-2-1-5-16-9-12;2-1-3/h1-3,5-6,9-10,13H,4,7-8,11H2;1H,(H,2,3). The Labute approximate surface area is 134 Å². The first-order valence-corrected chi connectivity index (χ1v) is 7.27. The number of amides is 1. The number of carboxylic acid groups (broad SMARTS) is 1. The van der Waals surface area contributed by atoms with E-state index >= 15 is 0 Å². The average molecular weight is 314 g/mol. The van der Waals surface area contributed by atoms with Crippen LogP contribution in [0.5, 0.6) is 0 Å². The predicted octanol–water partition coefficient (Wildman–Crippen LogP) is 1.28. The molecule has 0 spiro atoms. The zero-order valence-electron chi connectivity index (χ0n) is 12.6. The van der Waals surface area contributed by atoms with E-state index < -0.39 is 0 Å². The van der Waals surface area contributed by atoms with E-state index in [9.17, 15) is 4.79 Å². The highest BCUT2D eigenvalue weighted by Crippen LogP contribution is 2.21. The summed E-state index contributed by atoms with van der Waals surface area (Å²) in [5.74, 6) is 0.562. The molecular weight excluding hydrogens is 296 g/mol. The Morgan fingerprint density at radius 3 is 2.78 bits per heavy atom. The summed E-state index contributed by atoms with van der Waals surface area (Å²) in [6, 6.07) is 5.75. The van der Waals surface area contributed by atoms with Gasteiger partial charge in [0, 0.05) is 25.5 Å². The lowest BCUT2D eigenvalue weighted by Gasteiger charge is -2.16. The highest BCUT2D eigenvalue weighted by atomic mass is 16.3. The van der Waals surface area contributed by atoms with Gasteiger partial charge in [0.1, 0.15) is 0 Å². The third-order valence-electron chi connectivity index (χ3n) is 3.65. The molecule has 1 aliphatic heterocycles. The number of hydrogen-bond donors (Lipinski definition) is 1. The van der Waals surface area contributed by atoms with Crippen molar-refractivity contribution in [3.63, 3.8) is 0 Å². The third-order valence-corrected chi connectivity index (χ3v) is 3.65. The lowest BCUT2D eigenvalue weighted by molar-refractivity contribution is -0.122. The normalized spacial score (nSPS) is 16.3. The summed E-state index contributed by atoms with van der Waals surface area (Å²) < 4.78 is 0. The molecule has 0 aliphatic carbocycles. The monoisotopic (exact) mass is 314 g/mol. The molecule has 0 bridgehead atoms. The minimum Gasteiger partial charge on any atom is -0.483 e. The highest BCUT2D eigenvalue weighted by molar-refractivity contribution is 5.93. The first-order chi connectivity index (χ1) is 11.2. The van der Waals surface area contributed by atoms with E-state index in [-0.39, 0.29) is 12.4 Å². The van der Waals surface area contributed by atoms with Gasteiger partial charge in [-0.2, -0.15) is 10.2 Å². The molecule has 1 atom stereocenters. The number of hydrogen-bond acceptors (Lipinski definition) is 5. The molecule has 1 N–H and O–H groups in total. The molecule has 3 rings (SSSR count). The largest absolute Gasteiger partial charge is 0.483 e. The van der Waals surface area contributed by atoms with Gasteiger partial charge in [-0.1, -0.05) is 6.07 Å². The average Bonchev–Trinajstić information content (AvgIpc) is 3.05. The maximum atomic E-state index is 12.3. The number of carbonyl (C=O) groups excluding carboxylic acids is 1. The molecule has 1 amide bonds. The molecule has 120 valence electrons. The fraction of sp³-hybridized carbons (Fsp3) is 0.312. The summed E-state index contributed by atoms with van der Waals surface area (Å²) in [6.45, 7) is 1.36. The van der Waals surface area contributed by atoms with Gasteiger partial charge in [0.15, 0.2) is 0 Å². The molecule has 7 nitrogen and oxygen atoms in total. The maximum absolute atomic E-state index is 12.3. The van der Waals surface area contributed by atoms with Crippen molar-refractivity contribution < 1.29 is 14.7 Å². The Balaban J connectivity index is 0.000000595. The maximum Gasteiger partial charge on any atom is 0.290 e. The van der Waals surface area contributed by atoms with Crippen LogP contribution >= 0.6 is 0 Å². The van der Waals surface area contributed by atoms with E-state index in [0.717, 1.165) is 25.9 Å². The van der Waals surface area contributed by atoms with Crippen LogP contribution in [-0.2, 0) is 11.2 Å². The van der Waals surface area contributed by atoms with E-state index in [1.165, 1.54) is 11.8 Å². The van der Waals surface area contributed by atoms with Gasteiger partial charge in [-0.25, -0.2) is 0 Å². The van der Waals surface area contributed by atoms with Crippen LogP contribution in [0.2, 0.25) is 0 Å². The van der Waals surface area contributed by atoms with Crippen LogP contribution in [0.1, 0.15) is 22.3 Å². The summed E-state index contributed by atoms with van der Waals surface area (Å²) in [5.41, 5.74) is 1.85. The van der Waals surface area contributed by atoms with E-state index in [2.05, 4.69) is 21.2 Å². The van der Waals surface area contributed by atoms with Crippen molar-refractivity contribution in [1.82, 2.24) is 20.1 Å². The number of pyridine rings is 1. The van der Waals surface area contributed by atoms with Gasteiger partial charge in [-0.05, 0) is 36.5 Å². The van der Waals surface area contributed by atoms with Gasteiger partial charge in [-0.3, -0.25) is 14.6 Å². The third kappa shape index (κ3) is 4.84. The lowest BCUT2D eigenvalue weighted by atomic mass is 10.0. The molecule has 1 aliphatic rings. The minimum atomic E-state index is -0.250. The SMILES string of the molecule is O=C(c1ccnnc1)N1CCC(Cc2cccnc2)C1.O=CO. The Morgan fingerprint density at radius 2 is 2.13 bits per heavy atom.